The number of thiocarbonyl (C=S) groups is 1. The summed E-state index contributed by atoms with van der Waals surface area (Å²) in [5.41, 5.74) is 0.831. The van der Waals surface area contributed by atoms with E-state index in [-0.39, 0.29) is 10.0 Å². The number of para-hydroxylation sites is 1. The van der Waals surface area contributed by atoms with E-state index in [1.54, 1.807) is 24.3 Å². The highest BCUT2D eigenvalue weighted by Gasteiger charge is 2.15. The van der Waals surface area contributed by atoms with E-state index in [9.17, 15) is 18.0 Å². The van der Waals surface area contributed by atoms with E-state index in [0.29, 0.717) is 30.2 Å². The third-order valence-electron chi connectivity index (χ3n) is 4.41. The molecule has 35 heavy (non-hydrogen) atoms. The summed E-state index contributed by atoms with van der Waals surface area (Å²) >= 11 is 5.16. The number of rotatable bonds is 9. The maximum Gasteiger partial charge on any atom is 0.264 e. The molecule has 0 radical (unpaired) electrons. The van der Waals surface area contributed by atoms with Crippen molar-refractivity contribution < 1.29 is 27.5 Å². The molecule has 182 valence electrons. The predicted octanol–water partition coefficient (Wildman–Crippen LogP) is 3.10. The van der Waals surface area contributed by atoms with Crippen LogP contribution in [0, 0.1) is 0 Å². The Labute approximate surface area is 208 Å². The van der Waals surface area contributed by atoms with Crippen molar-refractivity contribution in [3.05, 3.63) is 84.4 Å². The van der Waals surface area contributed by atoms with Gasteiger partial charge in [0.15, 0.2) is 5.11 Å². The van der Waals surface area contributed by atoms with Crippen LogP contribution in [0.1, 0.15) is 17.3 Å². The molecule has 0 fully saturated rings. The Morgan fingerprint density at radius 2 is 1.40 bits per heavy atom. The van der Waals surface area contributed by atoms with Gasteiger partial charge in [-0.25, -0.2) is 13.1 Å². The zero-order valence-corrected chi connectivity index (χ0v) is 20.3. The Hall–Kier alpha value is -3.96. The summed E-state index contributed by atoms with van der Waals surface area (Å²) in [6.07, 6.45) is 0. The number of benzene rings is 3. The molecule has 3 N–H and O–H groups in total. The number of nitrogens with one attached hydrogen (secondary N) is 3. The van der Waals surface area contributed by atoms with Gasteiger partial charge in [0.25, 0.3) is 15.9 Å². The van der Waals surface area contributed by atoms with Crippen LogP contribution >= 0.6 is 12.2 Å². The van der Waals surface area contributed by atoms with E-state index >= 15 is 0 Å². The molecule has 11 heteroatoms. The summed E-state index contributed by atoms with van der Waals surface area (Å²) in [7, 11) is -3.93. The zero-order valence-electron chi connectivity index (χ0n) is 18.7. The van der Waals surface area contributed by atoms with Gasteiger partial charge in [-0.05, 0) is 72.9 Å². The second-order valence-corrected chi connectivity index (χ2v) is 9.22. The molecule has 2 amide bonds. The van der Waals surface area contributed by atoms with Gasteiger partial charge in [-0.2, -0.15) is 0 Å². The minimum atomic E-state index is -3.93. The molecule has 0 aliphatic heterocycles. The van der Waals surface area contributed by atoms with Gasteiger partial charge in [0.1, 0.15) is 24.7 Å². The number of hydrogen-bond donors (Lipinski definition) is 3. The Bertz CT molecular complexity index is 1280. The quantitative estimate of drug-likeness (QED) is 0.295. The normalized spacial score (nSPS) is 10.7. The summed E-state index contributed by atoms with van der Waals surface area (Å²) in [5.74, 6) is 0.242. The monoisotopic (exact) mass is 513 g/mol. The zero-order chi connectivity index (χ0) is 25.3. The molecule has 0 heterocycles. The lowest BCUT2D eigenvalue weighted by Crippen LogP contribution is -2.34. The van der Waals surface area contributed by atoms with Crippen LogP contribution in [0.5, 0.6) is 11.5 Å². The fourth-order valence-electron chi connectivity index (χ4n) is 2.84. The van der Waals surface area contributed by atoms with Crippen LogP contribution in [0.25, 0.3) is 0 Å². The van der Waals surface area contributed by atoms with Crippen molar-refractivity contribution in [1.29, 1.82) is 0 Å². The summed E-state index contributed by atoms with van der Waals surface area (Å²) in [5, 5.41) is 5.38. The molecule has 0 aromatic heterocycles. The number of hydrogen-bond acceptors (Lipinski definition) is 7. The summed E-state index contributed by atoms with van der Waals surface area (Å²) in [6, 6.07) is 21.5. The molecule has 0 saturated heterocycles. The Balaban J connectivity index is 1.46. The number of ether oxygens (including phenoxy) is 2. The van der Waals surface area contributed by atoms with Gasteiger partial charge < -0.3 is 14.8 Å². The highest BCUT2D eigenvalue weighted by molar-refractivity contribution is 7.90. The van der Waals surface area contributed by atoms with Crippen molar-refractivity contribution in [1.82, 2.24) is 10.0 Å². The smallest absolute Gasteiger partial charge is 0.264 e. The highest BCUT2D eigenvalue weighted by Crippen LogP contribution is 2.15. The molecular weight excluding hydrogens is 490 g/mol. The Morgan fingerprint density at radius 1 is 0.829 bits per heavy atom. The van der Waals surface area contributed by atoms with Crippen molar-refractivity contribution in [2.75, 3.05) is 18.5 Å². The lowest BCUT2D eigenvalue weighted by molar-refractivity contribution is -0.117. The van der Waals surface area contributed by atoms with E-state index in [1.807, 2.05) is 35.1 Å². The summed E-state index contributed by atoms with van der Waals surface area (Å²) in [6.45, 7) is 1.84. The summed E-state index contributed by atoms with van der Waals surface area (Å²) < 4.78 is 37.0. The molecule has 0 aliphatic carbocycles. The highest BCUT2D eigenvalue weighted by atomic mass is 32.2. The van der Waals surface area contributed by atoms with Gasteiger partial charge in [0.05, 0.1) is 4.90 Å². The predicted molar refractivity (Wildman–Crippen MR) is 135 cm³/mol. The molecule has 0 unspecified atom stereocenters. The van der Waals surface area contributed by atoms with Crippen LogP contribution in [0.15, 0.2) is 83.8 Å². The number of amides is 2. The minimum Gasteiger partial charge on any atom is -0.490 e. The van der Waals surface area contributed by atoms with Gasteiger partial charge in [-0.15, -0.1) is 0 Å². The van der Waals surface area contributed by atoms with Crippen molar-refractivity contribution in [3.63, 3.8) is 0 Å². The Morgan fingerprint density at radius 3 is 1.97 bits per heavy atom. The summed E-state index contributed by atoms with van der Waals surface area (Å²) in [4.78, 5) is 23.4. The molecule has 0 atom stereocenters. The lowest BCUT2D eigenvalue weighted by atomic mass is 10.2. The maximum absolute atomic E-state index is 12.4. The SMILES string of the molecule is CC(=O)NS(=O)(=O)c1ccc(NC(=S)NC(=O)c2ccc(OCCOc3ccccc3)cc2)cc1. The van der Waals surface area contributed by atoms with Gasteiger partial charge >= 0.3 is 0 Å². The van der Waals surface area contributed by atoms with Gasteiger partial charge in [-0.3, -0.25) is 14.9 Å². The topological polar surface area (TPSA) is 123 Å². The van der Waals surface area contributed by atoms with Gasteiger partial charge in [0, 0.05) is 18.2 Å². The third-order valence-corrected chi connectivity index (χ3v) is 6.06. The van der Waals surface area contributed by atoms with Crippen LogP contribution in [-0.4, -0.2) is 38.6 Å². The number of sulfonamides is 1. The van der Waals surface area contributed by atoms with Crippen molar-refractivity contribution in [2.45, 2.75) is 11.8 Å². The lowest BCUT2D eigenvalue weighted by Gasteiger charge is -2.11. The van der Waals surface area contributed by atoms with Crippen molar-refractivity contribution >= 4 is 44.9 Å². The second-order valence-electron chi connectivity index (χ2n) is 7.13. The molecule has 3 rings (SSSR count). The standard InChI is InChI=1S/C24H23N3O6S2/c1-17(28)27-35(30,31)22-13-9-19(10-14-22)25-24(34)26-23(29)18-7-11-21(12-8-18)33-16-15-32-20-5-3-2-4-6-20/h2-14H,15-16H2,1H3,(H,27,28)(H2,25,26,29,34). The number of anilines is 1. The van der Waals surface area contributed by atoms with Crippen LogP contribution < -0.4 is 24.8 Å². The molecule has 3 aromatic carbocycles. The average molecular weight is 514 g/mol. The average Bonchev–Trinajstić information content (AvgIpc) is 2.82. The van der Waals surface area contributed by atoms with E-state index in [0.717, 1.165) is 12.7 Å². The van der Waals surface area contributed by atoms with Gasteiger partial charge in [-0.1, -0.05) is 18.2 Å². The van der Waals surface area contributed by atoms with Crippen LogP contribution in [0.3, 0.4) is 0 Å². The molecular formula is C24H23N3O6S2. The number of carbonyl (C=O) groups excluding carboxylic acids is 2. The van der Waals surface area contributed by atoms with Crippen LogP contribution in [0.4, 0.5) is 5.69 Å². The van der Waals surface area contributed by atoms with Crippen molar-refractivity contribution in [2.24, 2.45) is 0 Å². The Kier molecular flexibility index (Phi) is 8.76. The molecule has 9 nitrogen and oxygen atoms in total. The molecule has 0 saturated carbocycles. The molecule has 0 spiro atoms. The second kappa shape index (κ2) is 12.0. The molecule has 0 aliphatic rings. The van der Waals surface area contributed by atoms with Crippen LogP contribution in [0.2, 0.25) is 0 Å². The van der Waals surface area contributed by atoms with Crippen LogP contribution in [-0.2, 0) is 14.8 Å². The van der Waals surface area contributed by atoms with E-state index in [2.05, 4.69) is 10.6 Å². The largest absolute Gasteiger partial charge is 0.490 e. The fraction of sp³-hybridized carbons (Fsp3) is 0.125. The molecule has 3 aromatic rings. The first kappa shape index (κ1) is 25.7. The van der Waals surface area contributed by atoms with E-state index in [1.165, 1.54) is 24.3 Å². The van der Waals surface area contributed by atoms with Gasteiger partial charge in [0.2, 0.25) is 5.91 Å². The first-order chi connectivity index (χ1) is 16.7. The maximum atomic E-state index is 12.4. The number of carbonyl (C=O) groups is 2. The fourth-order valence-corrected chi connectivity index (χ4v) is 4.04. The van der Waals surface area contributed by atoms with E-state index < -0.39 is 21.8 Å². The minimum absolute atomic E-state index is 0.0332. The first-order valence-electron chi connectivity index (χ1n) is 10.4. The van der Waals surface area contributed by atoms with E-state index in [4.69, 9.17) is 21.7 Å². The molecule has 0 bridgehead atoms. The first-order valence-corrected chi connectivity index (χ1v) is 12.3. The third kappa shape index (κ3) is 8.09. The van der Waals surface area contributed by atoms with Crippen molar-refractivity contribution in [3.8, 4) is 11.5 Å².